The van der Waals surface area contributed by atoms with Crippen molar-refractivity contribution in [2.75, 3.05) is 38.7 Å². The molecule has 0 radical (unpaired) electrons. The zero-order valence-electron chi connectivity index (χ0n) is 14.9. The molecule has 0 bridgehead atoms. The normalized spacial score (nSPS) is 11.3. The Balaban J connectivity index is 1.99. The molecule has 0 aliphatic carbocycles. The topological polar surface area (TPSA) is 45.7 Å². The van der Waals surface area contributed by atoms with Crippen molar-refractivity contribution in [1.82, 2.24) is 9.88 Å². The Kier molecular flexibility index (Phi) is 6.13. The average molecular weight is 410 g/mol. The lowest BCUT2D eigenvalue weighted by atomic mass is 10.3. The Hall–Kier alpha value is -1.67. The number of carbonyl (C=O) groups is 1. The van der Waals surface area contributed by atoms with Gasteiger partial charge in [0, 0.05) is 13.1 Å². The number of hydrogen-bond donors (Lipinski definition) is 0. The highest BCUT2D eigenvalue weighted by atomic mass is 35.5. The van der Waals surface area contributed by atoms with Crippen LogP contribution >= 0.6 is 34.3 Å². The van der Waals surface area contributed by atoms with Crippen LogP contribution in [0.3, 0.4) is 0 Å². The van der Waals surface area contributed by atoms with Crippen LogP contribution in [0.4, 0.5) is 5.13 Å². The monoisotopic (exact) mass is 409 g/mol. The van der Waals surface area contributed by atoms with E-state index in [9.17, 15) is 4.79 Å². The van der Waals surface area contributed by atoms with E-state index in [-0.39, 0.29) is 5.91 Å². The van der Waals surface area contributed by atoms with Crippen LogP contribution in [0.1, 0.15) is 16.6 Å². The van der Waals surface area contributed by atoms with Gasteiger partial charge in [-0.25, -0.2) is 4.98 Å². The lowest BCUT2D eigenvalue weighted by Crippen LogP contribution is -2.36. The van der Waals surface area contributed by atoms with Crippen molar-refractivity contribution in [3.8, 4) is 5.75 Å². The molecule has 138 valence electrons. The summed E-state index contributed by atoms with van der Waals surface area (Å²) in [5, 5.41) is 0.670. The second kappa shape index (κ2) is 8.35. The van der Waals surface area contributed by atoms with E-state index in [1.807, 2.05) is 44.1 Å². The van der Waals surface area contributed by atoms with E-state index in [4.69, 9.17) is 21.3 Å². The van der Waals surface area contributed by atoms with Crippen LogP contribution in [0.2, 0.25) is 4.34 Å². The standard InChI is InChI=1S/C18H20ClN3O2S2/c1-4-24-12-6-5-7-13-16(12)20-18(26-13)22(11-10-21(2)3)17(23)14-8-9-15(19)25-14/h5-9H,4,10-11H2,1-3H3. The number of benzene rings is 1. The number of thiophene rings is 1. The maximum atomic E-state index is 13.1. The van der Waals surface area contributed by atoms with Gasteiger partial charge in [0.05, 0.1) is 20.5 Å². The fraction of sp³-hybridized carbons (Fsp3) is 0.333. The second-order valence-corrected chi connectivity index (χ2v) is 8.62. The second-order valence-electron chi connectivity index (χ2n) is 5.90. The zero-order valence-corrected chi connectivity index (χ0v) is 17.2. The molecule has 0 saturated heterocycles. The minimum Gasteiger partial charge on any atom is -0.492 e. The summed E-state index contributed by atoms with van der Waals surface area (Å²) < 4.78 is 7.27. The summed E-state index contributed by atoms with van der Waals surface area (Å²) in [6.07, 6.45) is 0. The molecule has 0 atom stereocenters. The molecule has 0 aliphatic heterocycles. The van der Waals surface area contributed by atoms with Gasteiger partial charge in [0.1, 0.15) is 11.3 Å². The van der Waals surface area contributed by atoms with Crippen molar-refractivity contribution in [2.45, 2.75) is 6.92 Å². The number of rotatable bonds is 7. The predicted molar refractivity (Wildman–Crippen MR) is 110 cm³/mol. The number of hydrogen-bond acceptors (Lipinski definition) is 6. The summed E-state index contributed by atoms with van der Waals surface area (Å²) in [5.41, 5.74) is 0.793. The number of nitrogens with zero attached hydrogens (tertiary/aromatic N) is 3. The van der Waals surface area contributed by atoms with Crippen LogP contribution in [0.5, 0.6) is 5.75 Å². The van der Waals surface area contributed by atoms with Gasteiger partial charge in [-0.2, -0.15) is 0 Å². The number of para-hydroxylation sites is 1. The first kappa shape index (κ1) is 19.1. The number of ether oxygens (including phenoxy) is 1. The molecule has 2 heterocycles. The number of anilines is 1. The van der Waals surface area contributed by atoms with Gasteiger partial charge in [-0.3, -0.25) is 9.69 Å². The van der Waals surface area contributed by atoms with E-state index in [1.54, 1.807) is 17.0 Å². The van der Waals surface area contributed by atoms with E-state index in [0.717, 1.165) is 22.5 Å². The number of likely N-dealkylation sites (N-methyl/N-ethyl adjacent to an activating group) is 1. The Labute approximate surface area is 165 Å². The summed E-state index contributed by atoms with van der Waals surface area (Å²) >= 11 is 8.79. The minimum absolute atomic E-state index is 0.0826. The van der Waals surface area contributed by atoms with Crippen molar-refractivity contribution in [2.24, 2.45) is 0 Å². The van der Waals surface area contributed by atoms with Crippen molar-refractivity contribution in [3.05, 3.63) is 39.5 Å². The zero-order chi connectivity index (χ0) is 18.7. The van der Waals surface area contributed by atoms with Gasteiger partial charge in [0.15, 0.2) is 5.13 Å². The molecule has 0 spiro atoms. The lowest BCUT2D eigenvalue weighted by molar-refractivity contribution is 0.0989. The molecule has 3 aromatic rings. The molecule has 2 aromatic heterocycles. The molecule has 3 rings (SSSR count). The van der Waals surface area contributed by atoms with Crippen molar-refractivity contribution >= 4 is 55.5 Å². The van der Waals surface area contributed by atoms with Crippen molar-refractivity contribution < 1.29 is 9.53 Å². The Bertz CT molecular complexity index is 907. The van der Waals surface area contributed by atoms with E-state index < -0.39 is 0 Å². The van der Waals surface area contributed by atoms with Gasteiger partial charge in [-0.1, -0.05) is 29.0 Å². The molecule has 26 heavy (non-hydrogen) atoms. The van der Waals surface area contributed by atoms with Gasteiger partial charge < -0.3 is 9.64 Å². The first-order chi connectivity index (χ1) is 12.5. The predicted octanol–water partition coefficient (Wildman–Crippen LogP) is 4.62. The quantitative estimate of drug-likeness (QED) is 0.571. The number of thiazole rings is 1. The molecular formula is C18H20ClN3O2S2. The van der Waals surface area contributed by atoms with Crippen LogP contribution in [0, 0.1) is 0 Å². The summed E-state index contributed by atoms with van der Waals surface area (Å²) in [6.45, 7) is 3.80. The van der Waals surface area contributed by atoms with Gasteiger partial charge in [-0.15, -0.1) is 11.3 Å². The summed E-state index contributed by atoms with van der Waals surface area (Å²) in [5.74, 6) is 0.660. The van der Waals surface area contributed by atoms with Crippen LogP contribution in [-0.4, -0.2) is 49.6 Å². The highest BCUT2D eigenvalue weighted by molar-refractivity contribution is 7.22. The molecule has 0 saturated carbocycles. The number of carbonyl (C=O) groups excluding carboxylic acids is 1. The largest absolute Gasteiger partial charge is 0.492 e. The molecule has 1 aromatic carbocycles. The molecule has 0 unspecified atom stereocenters. The highest BCUT2D eigenvalue weighted by Crippen LogP contribution is 2.35. The molecular weight excluding hydrogens is 390 g/mol. The third-order valence-corrected chi connectivity index (χ3v) is 5.96. The number of fused-ring (bicyclic) bond motifs is 1. The van der Waals surface area contributed by atoms with E-state index in [1.165, 1.54) is 22.7 Å². The lowest BCUT2D eigenvalue weighted by Gasteiger charge is -2.21. The Morgan fingerprint density at radius 2 is 2.00 bits per heavy atom. The molecule has 0 N–H and O–H groups in total. The van der Waals surface area contributed by atoms with Gasteiger partial charge >= 0.3 is 0 Å². The average Bonchev–Trinajstić information content (AvgIpc) is 3.21. The summed E-state index contributed by atoms with van der Waals surface area (Å²) in [4.78, 5) is 22.1. The van der Waals surface area contributed by atoms with Crippen LogP contribution < -0.4 is 9.64 Å². The van der Waals surface area contributed by atoms with Gasteiger partial charge in [0.2, 0.25) is 0 Å². The van der Waals surface area contributed by atoms with E-state index in [0.29, 0.717) is 27.5 Å². The Morgan fingerprint density at radius 3 is 2.65 bits per heavy atom. The highest BCUT2D eigenvalue weighted by Gasteiger charge is 2.23. The molecule has 0 fully saturated rings. The first-order valence-corrected chi connectivity index (χ1v) is 10.2. The van der Waals surface area contributed by atoms with Crippen LogP contribution in [0.25, 0.3) is 10.2 Å². The maximum Gasteiger partial charge on any atom is 0.270 e. The summed E-state index contributed by atoms with van der Waals surface area (Å²) in [6, 6.07) is 9.35. The fourth-order valence-electron chi connectivity index (χ4n) is 2.45. The number of halogens is 1. The third kappa shape index (κ3) is 4.17. The van der Waals surface area contributed by atoms with Crippen LogP contribution in [0.15, 0.2) is 30.3 Å². The number of amides is 1. The van der Waals surface area contributed by atoms with Gasteiger partial charge in [0.25, 0.3) is 5.91 Å². The van der Waals surface area contributed by atoms with E-state index >= 15 is 0 Å². The molecule has 5 nitrogen and oxygen atoms in total. The fourth-order valence-corrected chi connectivity index (χ4v) is 4.44. The Morgan fingerprint density at radius 1 is 1.19 bits per heavy atom. The molecule has 8 heteroatoms. The molecule has 1 amide bonds. The third-order valence-electron chi connectivity index (χ3n) is 3.70. The van der Waals surface area contributed by atoms with Crippen molar-refractivity contribution in [1.29, 1.82) is 0 Å². The van der Waals surface area contributed by atoms with Crippen molar-refractivity contribution in [3.63, 3.8) is 0 Å². The van der Waals surface area contributed by atoms with Crippen LogP contribution in [-0.2, 0) is 0 Å². The first-order valence-electron chi connectivity index (χ1n) is 8.24. The summed E-state index contributed by atoms with van der Waals surface area (Å²) in [7, 11) is 3.96. The minimum atomic E-state index is -0.0826. The smallest absolute Gasteiger partial charge is 0.270 e. The SMILES string of the molecule is CCOc1cccc2sc(N(CCN(C)C)C(=O)c3ccc(Cl)s3)nc12. The molecule has 0 aliphatic rings. The number of aromatic nitrogens is 1. The van der Waals surface area contributed by atoms with Gasteiger partial charge in [-0.05, 0) is 45.3 Å². The maximum absolute atomic E-state index is 13.1. The van der Waals surface area contributed by atoms with E-state index in [2.05, 4.69) is 0 Å².